The van der Waals surface area contributed by atoms with Gasteiger partial charge in [0.2, 0.25) is 0 Å². The minimum absolute atomic E-state index is 0.697. The molecular weight excluding hydrogens is 116 g/mol. The molecule has 0 heterocycles. The lowest BCUT2D eigenvalue weighted by Gasteiger charge is -1.99. The van der Waals surface area contributed by atoms with Crippen LogP contribution in [-0.4, -0.2) is 34.4 Å². The topological polar surface area (TPSA) is 87.0 Å². The first-order chi connectivity index (χ1) is 3.63. The lowest BCUT2D eigenvalue weighted by atomic mass is 10.7. The summed E-state index contributed by atoms with van der Waals surface area (Å²) in [6.45, 7) is -2.69. The normalized spacial score (nSPS) is 9.88. The van der Waals surface area contributed by atoms with E-state index in [0.29, 0.717) is 0 Å². The summed E-state index contributed by atoms with van der Waals surface area (Å²) in [7, 11) is 0. The van der Waals surface area contributed by atoms with E-state index in [1.807, 2.05) is 0 Å². The van der Waals surface area contributed by atoms with Crippen LogP contribution in [0, 0.1) is 0 Å². The summed E-state index contributed by atoms with van der Waals surface area (Å²) < 4.78 is 3.81. The molecule has 8 heavy (non-hydrogen) atoms. The molecule has 0 spiro atoms. The molecule has 0 atom stereocenters. The Balaban J connectivity index is 3.05. The third-order valence-electron chi connectivity index (χ3n) is 0.356. The Morgan fingerprint density at radius 3 is 2.25 bits per heavy atom. The highest BCUT2D eigenvalue weighted by atomic mass is 16.7. The average Bonchev–Trinajstić information content (AvgIpc) is 1.61. The molecule has 0 saturated heterocycles. The minimum Gasteiger partial charge on any atom is -0.480 e. The van der Waals surface area contributed by atoms with Gasteiger partial charge in [0.15, 0.2) is 0 Å². The number of carboxylic acids is 1. The van der Waals surface area contributed by atoms with E-state index in [4.69, 9.17) is 15.3 Å². The molecule has 0 aromatic carbocycles. The quantitative estimate of drug-likeness (QED) is 0.390. The Bertz CT molecular complexity index is 77.7. The fourth-order valence-electron chi connectivity index (χ4n) is 0.146. The van der Waals surface area contributed by atoms with E-state index >= 15 is 0 Å². The molecule has 5 nitrogen and oxygen atoms in total. The maximum absolute atomic E-state index is 9.56. The van der Waals surface area contributed by atoms with Gasteiger partial charge in [-0.3, -0.25) is 0 Å². The van der Waals surface area contributed by atoms with Crippen LogP contribution in [0.4, 0.5) is 0 Å². The van der Waals surface area contributed by atoms with E-state index in [2.05, 4.69) is 4.74 Å². The molecule has 3 N–H and O–H groups in total. The number of hydrogen-bond acceptors (Lipinski definition) is 4. The minimum atomic E-state index is -1.99. The maximum Gasteiger partial charge on any atom is 0.329 e. The van der Waals surface area contributed by atoms with E-state index < -0.39 is 19.1 Å². The fourth-order valence-corrected chi connectivity index (χ4v) is 0.146. The van der Waals surface area contributed by atoms with Crippen LogP contribution >= 0.6 is 0 Å². The molecule has 0 amide bonds. The van der Waals surface area contributed by atoms with Crippen LogP contribution in [0.2, 0.25) is 0 Å². The number of rotatable bonds is 3. The van der Waals surface area contributed by atoms with Gasteiger partial charge >= 0.3 is 5.97 Å². The smallest absolute Gasteiger partial charge is 0.329 e. The Hall–Kier alpha value is -0.650. The van der Waals surface area contributed by atoms with Gasteiger partial charge in [0.05, 0.1) is 0 Å². The highest BCUT2D eigenvalue weighted by molar-refractivity contribution is 5.67. The largest absolute Gasteiger partial charge is 0.480 e. The Kier molecular flexibility index (Phi) is 3.09. The third kappa shape index (κ3) is 5.35. The zero-order chi connectivity index (χ0) is 6.57. The first kappa shape index (κ1) is 7.35. The summed E-state index contributed by atoms with van der Waals surface area (Å²) in [6.07, 6.45) is 0. The zero-order valence-corrected chi connectivity index (χ0v) is 3.94. The number of aliphatic carboxylic acids is 1. The molecule has 0 aliphatic rings. The summed E-state index contributed by atoms with van der Waals surface area (Å²) in [5.41, 5.74) is 0. The van der Waals surface area contributed by atoms with Crippen molar-refractivity contribution in [3.05, 3.63) is 0 Å². The summed E-state index contributed by atoms with van der Waals surface area (Å²) in [6, 6.07) is 0. The Morgan fingerprint density at radius 2 is 2.12 bits per heavy atom. The first-order valence-electron chi connectivity index (χ1n) is 1.82. The summed E-state index contributed by atoms with van der Waals surface area (Å²) in [5, 5.41) is 23.6. The van der Waals surface area contributed by atoms with Gasteiger partial charge in [-0.25, -0.2) is 4.79 Å². The number of aliphatic hydroxyl groups excluding tert-OH is 1. The summed E-state index contributed by atoms with van der Waals surface area (Å²) >= 11 is 0. The van der Waals surface area contributed by atoms with E-state index in [9.17, 15) is 4.79 Å². The molecule has 0 radical (unpaired) electrons. The molecule has 48 valence electrons. The van der Waals surface area contributed by atoms with Crippen LogP contribution in [0.15, 0.2) is 0 Å². The molecule has 0 saturated carbocycles. The molecule has 0 aliphatic carbocycles. The van der Waals surface area contributed by atoms with E-state index in [-0.39, 0.29) is 0 Å². The van der Waals surface area contributed by atoms with Crippen LogP contribution in [0.1, 0.15) is 0 Å². The number of hydrogen-bond donors (Lipinski definition) is 3. The summed E-state index contributed by atoms with van der Waals surface area (Å²) in [5.74, 6) is -1.24. The van der Waals surface area contributed by atoms with Crippen LogP contribution < -0.4 is 0 Å². The van der Waals surface area contributed by atoms with Crippen molar-refractivity contribution in [1.29, 1.82) is 0 Å². The Labute approximate surface area is 45.1 Å². The van der Waals surface area contributed by atoms with Crippen LogP contribution in [0.25, 0.3) is 0 Å². The molecule has 0 rings (SSSR count). The van der Waals surface area contributed by atoms with Crippen molar-refractivity contribution < 1.29 is 24.9 Å². The molecule has 0 fully saturated rings. The van der Waals surface area contributed by atoms with Crippen molar-refractivity contribution in [2.24, 2.45) is 0 Å². The molecule has 0 unspecified atom stereocenters. The van der Waals surface area contributed by atoms with Gasteiger partial charge in [0.25, 0.3) is 6.48 Å². The second-order valence-electron chi connectivity index (χ2n) is 1.03. The van der Waals surface area contributed by atoms with Crippen molar-refractivity contribution >= 4 is 5.97 Å². The maximum atomic E-state index is 9.56. The number of aliphatic hydroxyl groups is 2. The lowest BCUT2D eigenvalue weighted by Crippen LogP contribution is -2.16. The molecule has 0 aliphatic heterocycles. The van der Waals surface area contributed by atoms with E-state index in [1.165, 1.54) is 0 Å². The van der Waals surface area contributed by atoms with Gasteiger partial charge in [-0.05, 0) is 0 Å². The number of ether oxygens (including phenoxy) is 1. The Morgan fingerprint density at radius 1 is 1.62 bits per heavy atom. The zero-order valence-electron chi connectivity index (χ0n) is 3.94. The van der Waals surface area contributed by atoms with Crippen molar-refractivity contribution in [2.75, 3.05) is 6.61 Å². The van der Waals surface area contributed by atoms with Gasteiger partial charge in [-0.15, -0.1) is 0 Å². The van der Waals surface area contributed by atoms with Gasteiger partial charge in [0.1, 0.15) is 6.61 Å². The van der Waals surface area contributed by atoms with Gasteiger partial charge < -0.3 is 20.1 Å². The monoisotopic (exact) mass is 122 g/mol. The number of carboxylic acid groups (broad SMARTS) is 1. The fraction of sp³-hybridized carbons (Fsp3) is 0.667. The van der Waals surface area contributed by atoms with Crippen LogP contribution in [-0.2, 0) is 9.53 Å². The van der Waals surface area contributed by atoms with Crippen molar-refractivity contribution in [1.82, 2.24) is 0 Å². The number of carbonyl (C=O) groups is 1. The van der Waals surface area contributed by atoms with Gasteiger partial charge in [0, 0.05) is 0 Å². The van der Waals surface area contributed by atoms with Crippen molar-refractivity contribution in [2.45, 2.75) is 6.48 Å². The second kappa shape index (κ2) is 3.36. The van der Waals surface area contributed by atoms with Crippen LogP contribution in [0.3, 0.4) is 0 Å². The molecular formula is C3H6O5. The predicted octanol–water partition coefficient (Wildman–Crippen LogP) is -1.64. The molecule has 0 aromatic rings. The van der Waals surface area contributed by atoms with E-state index in [0.717, 1.165) is 0 Å². The molecule has 0 aromatic heterocycles. The molecule has 0 bridgehead atoms. The summed E-state index contributed by atoms with van der Waals surface area (Å²) in [4.78, 5) is 9.56. The highest BCUT2D eigenvalue weighted by Gasteiger charge is 1.99. The van der Waals surface area contributed by atoms with Crippen LogP contribution in [0.5, 0.6) is 0 Å². The van der Waals surface area contributed by atoms with Crippen molar-refractivity contribution in [3.8, 4) is 0 Å². The molecule has 5 heteroatoms. The van der Waals surface area contributed by atoms with Crippen molar-refractivity contribution in [3.63, 3.8) is 0 Å². The second-order valence-corrected chi connectivity index (χ2v) is 1.03. The van der Waals surface area contributed by atoms with Gasteiger partial charge in [-0.1, -0.05) is 0 Å². The van der Waals surface area contributed by atoms with Gasteiger partial charge in [-0.2, -0.15) is 0 Å². The lowest BCUT2D eigenvalue weighted by molar-refractivity contribution is -0.235. The van der Waals surface area contributed by atoms with E-state index in [1.54, 1.807) is 0 Å². The first-order valence-corrected chi connectivity index (χ1v) is 1.82. The standard InChI is InChI=1S/C3H6O5/c4-2(5)1-8-3(6)7/h3,6-7H,1H2,(H,4,5). The SMILES string of the molecule is O=C(O)COC(O)O. The predicted molar refractivity (Wildman–Crippen MR) is 21.8 cm³/mol. The third-order valence-corrected chi connectivity index (χ3v) is 0.356. The average molecular weight is 122 g/mol. The highest BCUT2D eigenvalue weighted by Crippen LogP contribution is 1.77.